The highest BCUT2D eigenvalue weighted by molar-refractivity contribution is 6.18. The van der Waals surface area contributed by atoms with Crippen molar-refractivity contribution >= 4 is 11.6 Å². The molecule has 0 saturated carbocycles. The molecule has 0 radical (unpaired) electrons. The van der Waals surface area contributed by atoms with E-state index < -0.39 is 0 Å². The fourth-order valence-electron chi connectivity index (χ4n) is 1.39. The minimum Gasteiger partial charge on any atom is -0.493 e. The second-order valence-corrected chi connectivity index (χ2v) is 5.21. The van der Waals surface area contributed by atoms with Crippen molar-refractivity contribution in [2.75, 3.05) is 19.6 Å². The van der Waals surface area contributed by atoms with Crippen LogP contribution in [0.4, 0.5) is 0 Å². The Morgan fingerprint density at radius 3 is 2.79 bits per heavy atom. The third-order valence-electron chi connectivity index (χ3n) is 2.81. The fourth-order valence-corrected chi connectivity index (χ4v) is 1.49. The van der Waals surface area contributed by atoms with Crippen LogP contribution in [0.25, 0.3) is 0 Å². The molecule has 1 aromatic carbocycles. The van der Waals surface area contributed by atoms with Crippen molar-refractivity contribution in [3.05, 3.63) is 29.8 Å². The maximum atomic E-state index is 5.72. The fraction of sp³-hybridized carbons (Fsp3) is 0.500. The van der Waals surface area contributed by atoms with E-state index in [1.54, 1.807) is 7.11 Å². The molecule has 0 aliphatic rings. The summed E-state index contributed by atoms with van der Waals surface area (Å²) >= 11 is 5.58. The predicted octanol–water partition coefficient (Wildman–Crippen LogP) is 3.86. The van der Waals surface area contributed by atoms with Crippen LogP contribution < -0.4 is 4.74 Å². The average Bonchev–Trinajstić information content (AvgIpc) is 2.39. The summed E-state index contributed by atoms with van der Waals surface area (Å²) in [6.45, 7) is 4.72. The van der Waals surface area contributed by atoms with Gasteiger partial charge in [0.25, 0.3) is 0 Å². The number of methoxy groups -OCH3 is 1. The molecule has 0 aliphatic heterocycles. The van der Waals surface area contributed by atoms with Crippen molar-refractivity contribution in [2.24, 2.45) is 0 Å². The Morgan fingerprint density at radius 1 is 1.32 bits per heavy atom. The Kier molecular flexibility index (Phi) is 6.77. The summed E-state index contributed by atoms with van der Waals surface area (Å²) in [5.41, 5.74) is 0.797. The van der Waals surface area contributed by atoms with Crippen molar-refractivity contribution in [1.29, 1.82) is 0 Å². The van der Waals surface area contributed by atoms with Gasteiger partial charge in [0.15, 0.2) is 0 Å². The number of rotatable bonds is 6. The molecule has 0 fully saturated rings. The zero-order valence-corrected chi connectivity index (χ0v) is 12.6. The highest BCUT2D eigenvalue weighted by Gasteiger charge is 2.15. The highest BCUT2D eigenvalue weighted by atomic mass is 35.5. The van der Waals surface area contributed by atoms with Gasteiger partial charge >= 0.3 is 0 Å². The predicted molar refractivity (Wildman–Crippen MR) is 79.9 cm³/mol. The second-order valence-electron chi connectivity index (χ2n) is 4.83. The Hall–Kier alpha value is -1.17. The first-order chi connectivity index (χ1) is 9.07. The van der Waals surface area contributed by atoms with E-state index in [-0.39, 0.29) is 5.60 Å². The molecule has 2 nitrogen and oxygen atoms in total. The van der Waals surface area contributed by atoms with Gasteiger partial charge in [0.1, 0.15) is 5.75 Å². The Balaban J connectivity index is 2.51. The Labute approximate surface area is 121 Å². The van der Waals surface area contributed by atoms with Crippen LogP contribution in [0.15, 0.2) is 24.3 Å². The molecule has 104 valence electrons. The number of ether oxygens (including phenoxy) is 2. The molecule has 0 heterocycles. The van der Waals surface area contributed by atoms with Crippen LogP contribution >= 0.6 is 11.6 Å². The second kappa shape index (κ2) is 8.09. The summed E-state index contributed by atoms with van der Waals surface area (Å²) in [6.07, 6.45) is 1.54. The van der Waals surface area contributed by atoms with Gasteiger partial charge < -0.3 is 9.47 Å². The minimum atomic E-state index is -0.155. The van der Waals surface area contributed by atoms with E-state index in [1.807, 2.05) is 38.1 Å². The molecule has 0 atom stereocenters. The van der Waals surface area contributed by atoms with Crippen molar-refractivity contribution < 1.29 is 9.47 Å². The van der Waals surface area contributed by atoms with Gasteiger partial charge in [-0.05, 0) is 32.0 Å². The van der Waals surface area contributed by atoms with Gasteiger partial charge in [0.2, 0.25) is 0 Å². The zero-order chi connectivity index (χ0) is 14.1. The monoisotopic (exact) mass is 280 g/mol. The number of hydrogen-bond donors (Lipinski definition) is 0. The van der Waals surface area contributed by atoms with Crippen LogP contribution in [0, 0.1) is 11.8 Å². The summed E-state index contributed by atoms with van der Waals surface area (Å²) in [5.74, 6) is 7.48. The van der Waals surface area contributed by atoms with Gasteiger partial charge in [-0.2, -0.15) is 0 Å². The van der Waals surface area contributed by atoms with E-state index in [0.29, 0.717) is 18.9 Å². The molecule has 0 unspecified atom stereocenters. The van der Waals surface area contributed by atoms with Gasteiger partial charge in [-0.25, -0.2) is 0 Å². The van der Waals surface area contributed by atoms with E-state index in [0.717, 1.165) is 17.7 Å². The first kappa shape index (κ1) is 15.9. The van der Waals surface area contributed by atoms with E-state index in [1.165, 1.54) is 0 Å². The lowest BCUT2D eigenvalue weighted by Gasteiger charge is -2.22. The van der Waals surface area contributed by atoms with Gasteiger partial charge in [0.05, 0.1) is 12.2 Å². The number of alkyl halides is 1. The average molecular weight is 281 g/mol. The van der Waals surface area contributed by atoms with Crippen LogP contribution in [-0.2, 0) is 4.74 Å². The normalized spacial score (nSPS) is 10.7. The molecule has 0 aromatic heterocycles. The Bertz CT molecular complexity index is 444. The van der Waals surface area contributed by atoms with Crippen LogP contribution in [0.3, 0.4) is 0 Å². The van der Waals surface area contributed by atoms with Crippen LogP contribution in [0.5, 0.6) is 5.75 Å². The van der Waals surface area contributed by atoms with Gasteiger partial charge in [-0.15, -0.1) is 11.6 Å². The van der Waals surface area contributed by atoms with Crippen molar-refractivity contribution in [3.8, 4) is 17.6 Å². The van der Waals surface area contributed by atoms with Crippen molar-refractivity contribution in [2.45, 2.75) is 32.3 Å². The van der Waals surface area contributed by atoms with Gasteiger partial charge in [0, 0.05) is 31.4 Å². The quantitative estimate of drug-likeness (QED) is 0.582. The molecule has 0 amide bonds. The lowest BCUT2D eigenvalue weighted by Crippen LogP contribution is -2.25. The summed E-state index contributed by atoms with van der Waals surface area (Å²) in [5, 5.41) is 0. The van der Waals surface area contributed by atoms with Gasteiger partial charge in [-0.3, -0.25) is 0 Å². The maximum absolute atomic E-state index is 5.72. The third kappa shape index (κ3) is 6.52. The lowest BCUT2D eigenvalue weighted by molar-refractivity contribution is 0.00546. The molecular weight excluding hydrogens is 260 g/mol. The molecule has 3 heteroatoms. The van der Waals surface area contributed by atoms with Crippen molar-refractivity contribution in [1.82, 2.24) is 0 Å². The largest absolute Gasteiger partial charge is 0.493 e. The molecule has 0 spiro atoms. The van der Waals surface area contributed by atoms with Crippen LogP contribution in [0.1, 0.15) is 32.3 Å². The molecule has 0 aliphatic carbocycles. The van der Waals surface area contributed by atoms with E-state index in [9.17, 15) is 0 Å². The van der Waals surface area contributed by atoms with Crippen LogP contribution in [0.2, 0.25) is 0 Å². The maximum Gasteiger partial charge on any atom is 0.120 e. The summed E-state index contributed by atoms with van der Waals surface area (Å²) in [7, 11) is 1.72. The van der Waals surface area contributed by atoms with Crippen LogP contribution in [-0.4, -0.2) is 25.2 Å². The smallest absolute Gasteiger partial charge is 0.120 e. The SMILES string of the molecule is COC(C)(C)CCOc1cccc(C#CCCCl)c1. The molecule has 0 saturated heterocycles. The summed E-state index contributed by atoms with van der Waals surface area (Å²) in [4.78, 5) is 0. The number of halogens is 1. The third-order valence-corrected chi connectivity index (χ3v) is 3.00. The topological polar surface area (TPSA) is 18.5 Å². The molecular formula is C16H21ClO2. The summed E-state index contributed by atoms with van der Waals surface area (Å²) in [6, 6.07) is 7.79. The number of benzene rings is 1. The molecule has 19 heavy (non-hydrogen) atoms. The Morgan fingerprint density at radius 2 is 2.11 bits per heavy atom. The zero-order valence-electron chi connectivity index (χ0n) is 11.8. The van der Waals surface area contributed by atoms with E-state index in [2.05, 4.69) is 11.8 Å². The molecule has 0 bridgehead atoms. The van der Waals surface area contributed by atoms with Gasteiger partial charge in [-0.1, -0.05) is 17.9 Å². The van der Waals surface area contributed by atoms with E-state index >= 15 is 0 Å². The first-order valence-electron chi connectivity index (χ1n) is 6.40. The first-order valence-corrected chi connectivity index (χ1v) is 6.94. The van der Waals surface area contributed by atoms with E-state index in [4.69, 9.17) is 21.1 Å². The highest BCUT2D eigenvalue weighted by Crippen LogP contribution is 2.16. The lowest BCUT2D eigenvalue weighted by atomic mass is 10.1. The minimum absolute atomic E-state index is 0.155. The standard InChI is InChI=1S/C16H21ClO2/c1-16(2,18-3)10-12-19-15-9-6-8-14(13-15)7-4-5-11-17/h6,8-9,13H,5,10-12H2,1-3H3. The summed E-state index contributed by atoms with van der Waals surface area (Å²) < 4.78 is 11.1. The molecule has 1 aromatic rings. The molecule has 1 rings (SSSR count). The number of hydrogen-bond acceptors (Lipinski definition) is 2. The molecule has 0 N–H and O–H groups in total. The van der Waals surface area contributed by atoms with Crippen molar-refractivity contribution in [3.63, 3.8) is 0 Å².